The number of carbonyl (C=O) groups excluding carboxylic acids is 1. The second kappa shape index (κ2) is 5.72. The maximum atomic E-state index is 11.7. The summed E-state index contributed by atoms with van der Waals surface area (Å²) in [5.74, 6) is 0. The SMILES string of the molecule is CC(C)NC(=O)NCCCC(F)(F)F. The van der Waals surface area contributed by atoms with Gasteiger partial charge in [0.1, 0.15) is 0 Å². The predicted octanol–water partition coefficient (Wildman–Crippen LogP) is 2.04. The van der Waals surface area contributed by atoms with Crippen LogP contribution in [0, 0.1) is 0 Å². The van der Waals surface area contributed by atoms with E-state index in [1.807, 2.05) is 0 Å². The Kier molecular flexibility index (Phi) is 5.34. The molecule has 0 aliphatic rings. The third-order valence-electron chi connectivity index (χ3n) is 1.34. The number of alkyl halides is 3. The van der Waals surface area contributed by atoms with Gasteiger partial charge in [0.25, 0.3) is 0 Å². The smallest absolute Gasteiger partial charge is 0.338 e. The Labute approximate surface area is 81.1 Å². The molecule has 2 N–H and O–H groups in total. The van der Waals surface area contributed by atoms with Crippen LogP contribution in [0.2, 0.25) is 0 Å². The first-order valence-corrected chi connectivity index (χ1v) is 4.42. The van der Waals surface area contributed by atoms with Crippen molar-refractivity contribution in [2.45, 2.75) is 38.9 Å². The molecule has 0 bridgehead atoms. The van der Waals surface area contributed by atoms with Gasteiger partial charge in [0, 0.05) is 19.0 Å². The van der Waals surface area contributed by atoms with Gasteiger partial charge in [-0.2, -0.15) is 13.2 Å². The fourth-order valence-electron chi connectivity index (χ4n) is 0.804. The zero-order valence-electron chi connectivity index (χ0n) is 8.24. The van der Waals surface area contributed by atoms with Crippen molar-refractivity contribution >= 4 is 6.03 Å². The molecular weight excluding hydrogens is 197 g/mol. The van der Waals surface area contributed by atoms with E-state index in [4.69, 9.17) is 0 Å². The minimum absolute atomic E-state index is 0.0161. The molecule has 0 aliphatic heterocycles. The van der Waals surface area contributed by atoms with Gasteiger partial charge >= 0.3 is 12.2 Å². The van der Waals surface area contributed by atoms with E-state index < -0.39 is 18.6 Å². The van der Waals surface area contributed by atoms with E-state index in [0.29, 0.717) is 0 Å². The first-order chi connectivity index (χ1) is 6.31. The lowest BCUT2D eigenvalue weighted by Gasteiger charge is -2.10. The Hall–Kier alpha value is -0.940. The van der Waals surface area contributed by atoms with Crippen molar-refractivity contribution in [3.8, 4) is 0 Å². The van der Waals surface area contributed by atoms with Crippen LogP contribution in [0.5, 0.6) is 0 Å². The van der Waals surface area contributed by atoms with Crippen LogP contribution in [0.25, 0.3) is 0 Å². The number of hydrogen-bond acceptors (Lipinski definition) is 1. The van der Waals surface area contributed by atoms with Crippen LogP contribution >= 0.6 is 0 Å². The van der Waals surface area contributed by atoms with Crippen molar-refractivity contribution in [2.24, 2.45) is 0 Å². The second-order valence-electron chi connectivity index (χ2n) is 3.27. The number of rotatable bonds is 4. The van der Waals surface area contributed by atoms with Crippen LogP contribution in [0.4, 0.5) is 18.0 Å². The number of urea groups is 1. The van der Waals surface area contributed by atoms with Gasteiger partial charge in [-0.05, 0) is 20.3 Å². The maximum absolute atomic E-state index is 11.7. The van der Waals surface area contributed by atoms with E-state index in [0.717, 1.165) is 0 Å². The summed E-state index contributed by atoms with van der Waals surface area (Å²) in [4.78, 5) is 10.9. The third-order valence-corrected chi connectivity index (χ3v) is 1.34. The summed E-state index contributed by atoms with van der Waals surface area (Å²) >= 11 is 0. The molecule has 0 unspecified atom stereocenters. The van der Waals surface area contributed by atoms with Gasteiger partial charge in [-0.1, -0.05) is 0 Å². The van der Waals surface area contributed by atoms with Gasteiger partial charge < -0.3 is 10.6 Å². The molecule has 0 aromatic carbocycles. The van der Waals surface area contributed by atoms with Crippen molar-refractivity contribution in [1.29, 1.82) is 0 Å². The second-order valence-corrected chi connectivity index (χ2v) is 3.27. The molecule has 0 aromatic rings. The number of halogens is 3. The fraction of sp³-hybridized carbons (Fsp3) is 0.875. The molecule has 0 aromatic heterocycles. The maximum Gasteiger partial charge on any atom is 0.389 e. The largest absolute Gasteiger partial charge is 0.389 e. The Morgan fingerprint density at radius 2 is 1.93 bits per heavy atom. The first kappa shape index (κ1) is 13.1. The molecule has 2 amide bonds. The summed E-state index contributed by atoms with van der Waals surface area (Å²) in [6.45, 7) is 3.59. The molecule has 3 nitrogen and oxygen atoms in total. The molecule has 0 aliphatic carbocycles. The fourth-order valence-corrected chi connectivity index (χ4v) is 0.804. The molecule has 0 radical (unpaired) electrons. The van der Waals surface area contributed by atoms with Crippen molar-refractivity contribution in [3.63, 3.8) is 0 Å². The third kappa shape index (κ3) is 9.15. The monoisotopic (exact) mass is 212 g/mol. The molecule has 0 saturated carbocycles. The molecular formula is C8H15F3N2O. The lowest BCUT2D eigenvalue weighted by atomic mass is 10.3. The van der Waals surface area contributed by atoms with E-state index in [9.17, 15) is 18.0 Å². The number of carbonyl (C=O) groups is 1. The Morgan fingerprint density at radius 3 is 2.36 bits per heavy atom. The molecule has 0 fully saturated rings. The van der Waals surface area contributed by atoms with Gasteiger partial charge in [0.2, 0.25) is 0 Å². The van der Waals surface area contributed by atoms with E-state index in [1.54, 1.807) is 13.8 Å². The van der Waals surface area contributed by atoms with Crippen molar-refractivity contribution in [3.05, 3.63) is 0 Å². The highest BCUT2D eigenvalue weighted by Crippen LogP contribution is 2.20. The molecule has 6 heteroatoms. The lowest BCUT2D eigenvalue weighted by molar-refractivity contribution is -0.135. The van der Waals surface area contributed by atoms with Gasteiger partial charge in [-0.15, -0.1) is 0 Å². The van der Waals surface area contributed by atoms with E-state index in [1.165, 1.54) is 0 Å². The molecule has 0 saturated heterocycles. The van der Waals surface area contributed by atoms with Gasteiger partial charge in [0.15, 0.2) is 0 Å². The Balaban J connectivity index is 3.41. The summed E-state index contributed by atoms with van der Waals surface area (Å²) in [7, 11) is 0. The summed E-state index contributed by atoms with van der Waals surface area (Å²) in [5, 5.41) is 4.85. The summed E-state index contributed by atoms with van der Waals surface area (Å²) < 4.78 is 35.0. The highest BCUT2D eigenvalue weighted by Gasteiger charge is 2.25. The molecule has 0 spiro atoms. The molecule has 14 heavy (non-hydrogen) atoms. The molecule has 0 atom stereocenters. The zero-order valence-corrected chi connectivity index (χ0v) is 8.24. The average molecular weight is 212 g/mol. The quantitative estimate of drug-likeness (QED) is 0.688. The average Bonchev–Trinajstić information content (AvgIpc) is 1.95. The minimum Gasteiger partial charge on any atom is -0.338 e. The van der Waals surface area contributed by atoms with E-state index in [-0.39, 0.29) is 19.0 Å². The van der Waals surface area contributed by atoms with E-state index in [2.05, 4.69) is 10.6 Å². The summed E-state index contributed by atoms with van der Waals surface area (Å²) in [6.07, 6.45) is -5.10. The van der Waals surface area contributed by atoms with Crippen molar-refractivity contribution in [2.75, 3.05) is 6.54 Å². The van der Waals surface area contributed by atoms with Crippen molar-refractivity contribution < 1.29 is 18.0 Å². The molecule has 84 valence electrons. The minimum atomic E-state index is -4.14. The van der Waals surface area contributed by atoms with Crippen LogP contribution < -0.4 is 10.6 Å². The predicted molar refractivity (Wildman–Crippen MR) is 47.0 cm³/mol. The van der Waals surface area contributed by atoms with Crippen molar-refractivity contribution in [1.82, 2.24) is 10.6 Å². The standard InChI is InChI=1S/C8H15F3N2O/c1-6(2)13-7(14)12-5-3-4-8(9,10)11/h6H,3-5H2,1-2H3,(H2,12,13,14). The van der Waals surface area contributed by atoms with E-state index >= 15 is 0 Å². The first-order valence-electron chi connectivity index (χ1n) is 4.42. The lowest BCUT2D eigenvalue weighted by Crippen LogP contribution is -2.40. The van der Waals surface area contributed by atoms with Gasteiger partial charge in [-0.25, -0.2) is 4.79 Å². The number of hydrogen-bond donors (Lipinski definition) is 2. The van der Waals surface area contributed by atoms with Crippen LogP contribution in [0.3, 0.4) is 0 Å². The zero-order chi connectivity index (χ0) is 11.2. The Morgan fingerprint density at radius 1 is 1.36 bits per heavy atom. The van der Waals surface area contributed by atoms with Crippen LogP contribution in [-0.4, -0.2) is 24.8 Å². The Bertz CT molecular complexity index is 180. The van der Waals surface area contributed by atoms with Gasteiger partial charge in [0.05, 0.1) is 0 Å². The number of amides is 2. The topological polar surface area (TPSA) is 41.1 Å². The normalized spacial score (nSPS) is 11.6. The van der Waals surface area contributed by atoms with Gasteiger partial charge in [-0.3, -0.25) is 0 Å². The highest BCUT2D eigenvalue weighted by molar-refractivity contribution is 5.73. The van der Waals surface area contributed by atoms with Crippen LogP contribution in [0.1, 0.15) is 26.7 Å². The summed E-state index contributed by atoms with van der Waals surface area (Å²) in [6, 6.07) is -0.445. The highest BCUT2D eigenvalue weighted by atomic mass is 19.4. The number of nitrogens with one attached hydrogen (secondary N) is 2. The van der Waals surface area contributed by atoms with Crippen LogP contribution in [-0.2, 0) is 0 Å². The molecule has 0 heterocycles. The molecule has 0 rings (SSSR count). The summed E-state index contributed by atoms with van der Waals surface area (Å²) in [5.41, 5.74) is 0. The van der Waals surface area contributed by atoms with Crippen LogP contribution in [0.15, 0.2) is 0 Å².